The van der Waals surface area contributed by atoms with Gasteiger partial charge in [0.25, 0.3) is 11.7 Å². The third kappa shape index (κ3) is 7.37. The zero-order valence-electron chi connectivity index (χ0n) is 27.6. The van der Waals surface area contributed by atoms with Crippen LogP contribution in [0.15, 0.2) is 55.4 Å². The molecule has 258 valence electrons. The number of carbonyl (C=O) groups excluding carboxylic acids is 2. The summed E-state index contributed by atoms with van der Waals surface area (Å²) in [6, 6.07) is 7.65. The van der Waals surface area contributed by atoms with E-state index in [9.17, 15) is 14.2 Å². The SMILES string of the molecule is CC(C)COP(=O)(OCC(C)C)OCn1cc(C(=O)C(=O)N2CCN(c3ncnc4ccccc34)CC2)c2c(F)cnc(-n3ccnn3)c21. The number of rotatable bonds is 13. The molecule has 0 saturated carbocycles. The molecule has 49 heavy (non-hydrogen) atoms. The molecule has 0 unspecified atom stereocenters. The summed E-state index contributed by atoms with van der Waals surface area (Å²) in [7, 11) is -4.10. The van der Waals surface area contributed by atoms with Crippen molar-refractivity contribution in [2.45, 2.75) is 34.4 Å². The molecule has 0 bridgehead atoms. The lowest BCUT2D eigenvalue weighted by Gasteiger charge is -2.35. The summed E-state index contributed by atoms with van der Waals surface area (Å²) in [4.78, 5) is 44.0. The molecule has 0 atom stereocenters. The molecule has 0 radical (unpaired) electrons. The first-order valence-electron chi connectivity index (χ1n) is 15.9. The summed E-state index contributed by atoms with van der Waals surface area (Å²) in [5.74, 6) is -1.65. The van der Waals surface area contributed by atoms with E-state index in [2.05, 4.69) is 25.3 Å². The van der Waals surface area contributed by atoms with Crippen molar-refractivity contribution in [3.05, 3.63) is 66.8 Å². The molecule has 5 aromatic rings. The lowest BCUT2D eigenvalue weighted by Crippen LogP contribution is -2.51. The second kappa shape index (κ2) is 14.5. The van der Waals surface area contributed by atoms with Gasteiger partial charge in [-0.3, -0.25) is 23.2 Å². The van der Waals surface area contributed by atoms with Gasteiger partial charge in [-0.05, 0) is 24.0 Å². The Morgan fingerprint density at radius 3 is 2.33 bits per heavy atom. The topological polar surface area (TPSA) is 160 Å². The monoisotopic (exact) mass is 693 g/mol. The largest absolute Gasteiger partial charge is 0.476 e. The highest BCUT2D eigenvalue weighted by atomic mass is 31.2. The highest BCUT2D eigenvalue weighted by molar-refractivity contribution is 7.48. The molecule has 17 heteroatoms. The number of amides is 1. The zero-order valence-corrected chi connectivity index (χ0v) is 28.5. The van der Waals surface area contributed by atoms with Crippen LogP contribution in [0.3, 0.4) is 0 Å². The summed E-state index contributed by atoms with van der Waals surface area (Å²) in [6.45, 7) is 8.58. The van der Waals surface area contributed by atoms with Gasteiger partial charge in [-0.25, -0.2) is 28.6 Å². The third-order valence-electron chi connectivity index (χ3n) is 7.78. The minimum Gasteiger partial charge on any atom is -0.352 e. The van der Waals surface area contributed by atoms with Crippen molar-refractivity contribution in [1.29, 1.82) is 0 Å². The van der Waals surface area contributed by atoms with Crippen LogP contribution in [0.2, 0.25) is 0 Å². The number of carbonyl (C=O) groups is 2. The molecule has 6 rings (SSSR count). The van der Waals surface area contributed by atoms with Crippen molar-refractivity contribution >= 4 is 47.1 Å². The maximum Gasteiger partial charge on any atom is 0.476 e. The number of hydrogen-bond donors (Lipinski definition) is 0. The van der Waals surface area contributed by atoms with E-state index in [0.29, 0.717) is 13.1 Å². The van der Waals surface area contributed by atoms with E-state index in [1.54, 1.807) is 0 Å². The molecule has 4 aromatic heterocycles. The first-order chi connectivity index (χ1) is 23.5. The molecule has 15 nitrogen and oxygen atoms in total. The van der Waals surface area contributed by atoms with Crippen LogP contribution in [0, 0.1) is 17.7 Å². The second-order valence-corrected chi connectivity index (χ2v) is 14.1. The number of halogens is 1. The molecular formula is C32H37FN9O6P. The first-order valence-corrected chi connectivity index (χ1v) is 17.4. The van der Waals surface area contributed by atoms with Crippen LogP contribution in [-0.4, -0.2) is 90.5 Å². The van der Waals surface area contributed by atoms with Crippen molar-refractivity contribution < 1.29 is 32.1 Å². The van der Waals surface area contributed by atoms with E-state index >= 15 is 4.39 Å². The van der Waals surface area contributed by atoms with E-state index in [1.165, 1.54) is 39.1 Å². The van der Waals surface area contributed by atoms with E-state index in [1.807, 2.05) is 56.9 Å². The normalized spacial score (nSPS) is 14.1. The smallest absolute Gasteiger partial charge is 0.352 e. The number of hydrogen-bond acceptors (Lipinski definition) is 12. The van der Waals surface area contributed by atoms with Gasteiger partial charge in [0, 0.05) is 37.8 Å². The Morgan fingerprint density at radius 1 is 0.939 bits per heavy atom. The summed E-state index contributed by atoms with van der Waals surface area (Å²) in [6.07, 6.45) is 6.63. The van der Waals surface area contributed by atoms with Gasteiger partial charge in [0.05, 0.1) is 53.8 Å². The molecule has 0 spiro atoms. The average molecular weight is 694 g/mol. The van der Waals surface area contributed by atoms with Crippen LogP contribution in [0.4, 0.5) is 10.2 Å². The van der Waals surface area contributed by atoms with Crippen LogP contribution in [-0.2, 0) is 29.7 Å². The van der Waals surface area contributed by atoms with Gasteiger partial charge in [0.15, 0.2) is 11.6 Å². The Balaban J connectivity index is 1.29. The van der Waals surface area contributed by atoms with Crippen molar-refractivity contribution in [2.75, 3.05) is 44.3 Å². The number of ketones is 1. The molecule has 1 fully saturated rings. The predicted molar refractivity (Wildman–Crippen MR) is 178 cm³/mol. The Morgan fingerprint density at radius 2 is 1.65 bits per heavy atom. The lowest BCUT2D eigenvalue weighted by molar-refractivity contribution is -0.126. The zero-order chi connectivity index (χ0) is 34.7. The van der Waals surface area contributed by atoms with Crippen molar-refractivity contribution in [3.63, 3.8) is 0 Å². The van der Waals surface area contributed by atoms with Crippen LogP contribution in [0.25, 0.3) is 27.6 Å². The molecule has 0 N–H and O–H groups in total. The first kappa shape index (κ1) is 34.2. The van der Waals surface area contributed by atoms with E-state index in [4.69, 9.17) is 13.6 Å². The van der Waals surface area contributed by atoms with Gasteiger partial charge in [-0.15, -0.1) is 5.10 Å². The summed E-state index contributed by atoms with van der Waals surface area (Å²) >= 11 is 0. The van der Waals surface area contributed by atoms with Gasteiger partial charge in [-0.1, -0.05) is 45.0 Å². The lowest BCUT2D eigenvalue weighted by atomic mass is 10.1. The van der Waals surface area contributed by atoms with E-state index in [0.717, 1.165) is 22.9 Å². The van der Waals surface area contributed by atoms with E-state index in [-0.39, 0.29) is 60.4 Å². The number of phosphoric acid groups is 1. The summed E-state index contributed by atoms with van der Waals surface area (Å²) < 4.78 is 48.8. The fourth-order valence-electron chi connectivity index (χ4n) is 5.39. The molecule has 1 aliphatic heterocycles. The van der Waals surface area contributed by atoms with Crippen molar-refractivity contribution in [1.82, 2.24) is 39.4 Å². The molecule has 0 aliphatic carbocycles. The Hall–Kier alpha value is -4.63. The number of para-hydroxylation sites is 1. The molecule has 1 amide bonds. The molecule has 1 aromatic carbocycles. The maximum atomic E-state index is 15.6. The van der Waals surface area contributed by atoms with Gasteiger partial charge in [0.2, 0.25) is 0 Å². The fraction of sp³-hybridized carbons (Fsp3) is 0.406. The number of Topliss-reactive ketones (excluding diaryl/α,β-unsaturated/α-hetero) is 1. The number of aromatic nitrogens is 7. The van der Waals surface area contributed by atoms with Gasteiger partial charge in [-0.2, -0.15) is 0 Å². The molecule has 1 aliphatic rings. The van der Waals surface area contributed by atoms with Crippen molar-refractivity contribution in [3.8, 4) is 5.82 Å². The van der Waals surface area contributed by atoms with Gasteiger partial charge < -0.3 is 14.4 Å². The highest BCUT2D eigenvalue weighted by Crippen LogP contribution is 2.50. The highest BCUT2D eigenvalue weighted by Gasteiger charge is 2.33. The average Bonchev–Trinajstić information content (AvgIpc) is 3.78. The third-order valence-corrected chi connectivity index (χ3v) is 9.14. The standard InChI is InChI=1S/C32H37FN9O6P/c1-21(2)17-46-49(45,47-18-22(3)4)48-20-41-16-24(27-25(33)15-34-31(28(27)41)42-10-9-37-38-42)29(43)32(44)40-13-11-39(12-14-40)30-23-7-5-6-8-26(23)35-19-36-30/h5-10,15-16,19,21-22H,11-14,17-18,20H2,1-4H3. The number of fused-ring (bicyclic) bond motifs is 2. The summed E-state index contributed by atoms with van der Waals surface area (Å²) in [5, 5.41) is 8.51. The minimum absolute atomic E-state index is 0.0293. The molecule has 5 heterocycles. The minimum atomic E-state index is -4.10. The Kier molecular flexibility index (Phi) is 10.1. The molecule has 1 saturated heterocycles. The molecular weight excluding hydrogens is 656 g/mol. The fourth-order valence-corrected chi connectivity index (χ4v) is 6.84. The number of anilines is 1. The Labute approximate surface area is 281 Å². The quantitative estimate of drug-likeness (QED) is 0.0955. The van der Waals surface area contributed by atoms with E-state index < -0.39 is 32.1 Å². The van der Waals surface area contributed by atoms with Crippen molar-refractivity contribution in [2.24, 2.45) is 11.8 Å². The second-order valence-electron chi connectivity index (χ2n) is 12.4. The van der Waals surface area contributed by atoms with Crippen LogP contribution >= 0.6 is 7.82 Å². The maximum absolute atomic E-state index is 15.6. The number of nitrogens with zero attached hydrogens (tertiary/aromatic N) is 9. The number of phosphoric ester groups is 1. The number of benzene rings is 1. The van der Waals surface area contributed by atoms with Crippen LogP contribution < -0.4 is 4.90 Å². The number of pyridine rings is 1. The summed E-state index contributed by atoms with van der Waals surface area (Å²) in [5.41, 5.74) is 0.661. The van der Waals surface area contributed by atoms with Crippen LogP contribution in [0.5, 0.6) is 0 Å². The van der Waals surface area contributed by atoms with Gasteiger partial charge in [0.1, 0.15) is 18.9 Å². The number of piperazine rings is 1. The van der Waals surface area contributed by atoms with Gasteiger partial charge >= 0.3 is 7.82 Å². The Bertz CT molecular complexity index is 1990. The predicted octanol–water partition coefficient (Wildman–Crippen LogP) is 4.66. The van der Waals surface area contributed by atoms with Crippen LogP contribution in [0.1, 0.15) is 38.1 Å².